The SMILES string of the molecule is CCN(Cc1ccccc1)c1nccc(C(=O)Nc2ccccc2)n1. The van der Waals surface area contributed by atoms with Gasteiger partial charge in [0.05, 0.1) is 0 Å². The molecule has 0 radical (unpaired) electrons. The number of anilines is 2. The van der Waals surface area contributed by atoms with Crippen LogP contribution in [0, 0.1) is 0 Å². The van der Waals surface area contributed by atoms with Crippen LogP contribution in [0.3, 0.4) is 0 Å². The molecule has 1 N–H and O–H groups in total. The Labute approximate surface area is 147 Å². The number of nitrogens with zero attached hydrogens (tertiary/aromatic N) is 3. The number of rotatable bonds is 6. The highest BCUT2D eigenvalue weighted by atomic mass is 16.1. The minimum atomic E-state index is -0.245. The summed E-state index contributed by atoms with van der Waals surface area (Å²) in [6, 6.07) is 21.1. The maximum absolute atomic E-state index is 12.4. The Morgan fingerprint density at radius 2 is 1.68 bits per heavy atom. The van der Waals surface area contributed by atoms with Crippen LogP contribution in [0.15, 0.2) is 72.9 Å². The maximum atomic E-state index is 12.4. The van der Waals surface area contributed by atoms with Crippen molar-refractivity contribution in [2.24, 2.45) is 0 Å². The zero-order valence-electron chi connectivity index (χ0n) is 14.1. The quantitative estimate of drug-likeness (QED) is 0.747. The van der Waals surface area contributed by atoms with Gasteiger partial charge in [0.25, 0.3) is 5.91 Å². The highest BCUT2D eigenvalue weighted by molar-refractivity contribution is 6.02. The van der Waals surface area contributed by atoms with E-state index < -0.39 is 0 Å². The molecular formula is C20H20N4O. The lowest BCUT2D eigenvalue weighted by Crippen LogP contribution is -2.25. The molecule has 1 amide bonds. The zero-order chi connectivity index (χ0) is 17.5. The molecule has 0 aliphatic heterocycles. The van der Waals surface area contributed by atoms with E-state index in [0.717, 1.165) is 12.2 Å². The third kappa shape index (κ3) is 4.41. The summed E-state index contributed by atoms with van der Waals surface area (Å²) in [6.07, 6.45) is 1.62. The molecular weight excluding hydrogens is 312 g/mol. The number of benzene rings is 2. The topological polar surface area (TPSA) is 58.1 Å². The van der Waals surface area contributed by atoms with Gasteiger partial charge in [0.15, 0.2) is 0 Å². The summed E-state index contributed by atoms with van der Waals surface area (Å²) >= 11 is 0. The fourth-order valence-electron chi connectivity index (χ4n) is 2.47. The van der Waals surface area contributed by atoms with Crippen LogP contribution < -0.4 is 10.2 Å². The molecule has 0 saturated carbocycles. The van der Waals surface area contributed by atoms with E-state index in [2.05, 4.69) is 27.4 Å². The molecule has 3 rings (SSSR count). The van der Waals surface area contributed by atoms with Crippen molar-refractivity contribution in [1.29, 1.82) is 0 Å². The molecule has 126 valence electrons. The summed E-state index contributed by atoms with van der Waals surface area (Å²) in [5, 5.41) is 2.84. The summed E-state index contributed by atoms with van der Waals surface area (Å²) in [5.74, 6) is 0.303. The van der Waals surface area contributed by atoms with Crippen molar-refractivity contribution in [2.45, 2.75) is 13.5 Å². The lowest BCUT2D eigenvalue weighted by Gasteiger charge is -2.21. The van der Waals surface area contributed by atoms with Crippen LogP contribution in [0.2, 0.25) is 0 Å². The van der Waals surface area contributed by atoms with E-state index in [1.807, 2.05) is 60.4 Å². The largest absolute Gasteiger partial charge is 0.337 e. The van der Waals surface area contributed by atoms with Gasteiger partial charge in [-0.1, -0.05) is 48.5 Å². The zero-order valence-corrected chi connectivity index (χ0v) is 14.1. The average Bonchev–Trinajstić information content (AvgIpc) is 2.68. The summed E-state index contributed by atoms with van der Waals surface area (Å²) in [4.78, 5) is 23.2. The van der Waals surface area contributed by atoms with E-state index in [-0.39, 0.29) is 5.91 Å². The second-order valence-electron chi connectivity index (χ2n) is 5.56. The van der Waals surface area contributed by atoms with E-state index in [1.54, 1.807) is 12.3 Å². The van der Waals surface area contributed by atoms with Crippen molar-refractivity contribution in [1.82, 2.24) is 9.97 Å². The first-order valence-electron chi connectivity index (χ1n) is 8.24. The molecule has 0 fully saturated rings. The predicted octanol–water partition coefficient (Wildman–Crippen LogP) is 3.76. The van der Waals surface area contributed by atoms with Crippen molar-refractivity contribution in [3.63, 3.8) is 0 Å². The van der Waals surface area contributed by atoms with Crippen molar-refractivity contribution < 1.29 is 4.79 Å². The molecule has 0 bridgehead atoms. The van der Waals surface area contributed by atoms with Gasteiger partial charge in [-0.25, -0.2) is 9.97 Å². The van der Waals surface area contributed by atoms with Gasteiger partial charge in [0.1, 0.15) is 5.69 Å². The summed E-state index contributed by atoms with van der Waals surface area (Å²) < 4.78 is 0. The van der Waals surface area contributed by atoms with Crippen molar-refractivity contribution in [2.75, 3.05) is 16.8 Å². The van der Waals surface area contributed by atoms with Crippen molar-refractivity contribution in [3.8, 4) is 0 Å². The molecule has 1 heterocycles. The fraction of sp³-hybridized carbons (Fsp3) is 0.150. The first kappa shape index (κ1) is 16.6. The number of para-hydroxylation sites is 1. The average molecular weight is 332 g/mol. The molecule has 0 spiro atoms. The number of carbonyl (C=O) groups is 1. The Bertz CT molecular complexity index is 821. The van der Waals surface area contributed by atoms with Gasteiger partial charge in [-0.3, -0.25) is 4.79 Å². The molecule has 0 aliphatic carbocycles. The summed E-state index contributed by atoms with van der Waals surface area (Å²) in [7, 11) is 0. The molecule has 5 heteroatoms. The van der Waals surface area contributed by atoms with E-state index in [4.69, 9.17) is 0 Å². The van der Waals surface area contributed by atoms with Crippen molar-refractivity contribution in [3.05, 3.63) is 84.2 Å². The second-order valence-corrected chi connectivity index (χ2v) is 5.56. The minimum Gasteiger partial charge on any atom is -0.337 e. The molecule has 5 nitrogen and oxygen atoms in total. The molecule has 0 saturated heterocycles. The van der Waals surface area contributed by atoms with Gasteiger partial charge in [-0.15, -0.1) is 0 Å². The molecule has 1 aromatic heterocycles. The number of amides is 1. The van der Waals surface area contributed by atoms with Crippen LogP contribution in [0.4, 0.5) is 11.6 Å². The molecule has 2 aromatic carbocycles. The van der Waals surface area contributed by atoms with Crippen LogP contribution in [0.1, 0.15) is 23.0 Å². The molecule has 25 heavy (non-hydrogen) atoms. The van der Waals surface area contributed by atoms with E-state index in [0.29, 0.717) is 18.2 Å². The maximum Gasteiger partial charge on any atom is 0.274 e. The van der Waals surface area contributed by atoms with Gasteiger partial charge in [-0.2, -0.15) is 0 Å². The van der Waals surface area contributed by atoms with E-state index in [1.165, 1.54) is 5.56 Å². The van der Waals surface area contributed by atoms with E-state index >= 15 is 0 Å². The lowest BCUT2D eigenvalue weighted by atomic mass is 10.2. The third-order valence-electron chi connectivity index (χ3n) is 3.79. The number of carbonyl (C=O) groups excluding carboxylic acids is 1. The Morgan fingerprint density at radius 3 is 2.36 bits per heavy atom. The molecule has 0 atom stereocenters. The highest BCUT2D eigenvalue weighted by Gasteiger charge is 2.13. The normalized spacial score (nSPS) is 10.3. The second kappa shape index (κ2) is 8.06. The molecule has 0 aliphatic rings. The lowest BCUT2D eigenvalue weighted by molar-refractivity contribution is 0.102. The Hall–Kier alpha value is -3.21. The molecule has 0 unspecified atom stereocenters. The summed E-state index contributed by atoms with van der Waals surface area (Å²) in [5.41, 5.74) is 2.26. The predicted molar refractivity (Wildman–Crippen MR) is 99.6 cm³/mol. The Kier molecular flexibility index (Phi) is 5.36. The highest BCUT2D eigenvalue weighted by Crippen LogP contribution is 2.13. The van der Waals surface area contributed by atoms with Gasteiger partial charge >= 0.3 is 0 Å². The standard InChI is InChI=1S/C20H20N4O/c1-2-24(15-16-9-5-3-6-10-16)20-21-14-13-18(23-20)19(25)22-17-11-7-4-8-12-17/h3-14H,2,15H2,1H3,(H,22,25). The number of nitrogens with one attached hydrogen (secondary N) is 1. The van der Waals surface area contributed by atoms with Crippen LogP contribution in [-0.4, -0.2) is 22.4 Å². The van der Waals surface area contributed by atoms with Crippen LogP contribution in [0.5, 0.6) is 0 Å². The monoisotopic (exact) mass is 332 g/mol. The third-order valence-corrected chi connectivity index (χ3v) is 3.79. The first-order valence-corrected chi connectivity index (χ1v) is 8.24. The Balaban J connectivity index is 1.76. The Morgan fingerprint density at radius 1 is 1.00 bits per heavy atom. The molecule has 3 aromatic rings. The van der Waals surface area contributed by atoms with Crippen LogP contribution in [-0.2, 0) is 6.54 Å². The number of aromatic nitrogens is 2. The number of hydrogen-bond donors (Lipinski definition) is 1. The van der Waals surface area contributed by atoms with Gasteiger partial charge in [-0.05, 0) is 30.7 Å². The fourth-order valence-corrected chi connectivity index (χ4v) is 2.47. The summed E-state index contributed by atoms with van der Waals surface area (Å²) in [6.45, 7) is 3.49. The van der Waals surface area contributed by atoms with Crippen molar-refractivity contribution >= 4 is 17.5 Å². The van der Waals surface area contributed by atoms with E-state index in [9.17, 15) is 4.79 Å². The van der Waals surface area contributed by atoms with Gasteiger partial charge in [0, 0.05) is 25.0 Å². The van der Waals surface area contributed by atoms with Gasteiger partial charge in [0.2, 0.25) is 5.95 Å². The van der Waals surface area contributed by atoms with Crippen LogP contribution >= 0.6 is 0 Å². The minimum absolute atomic E-state index is 0.245. The first-order chi connectivity index (χ1) is 12.3. The van der Waals surface area contributed by atoms with Gasteiger partial charge < -0.3 is 10.2 Å². The van der Waals surface area contributed by atoms with Crippen LogP contribution in [0.25, 0.3) is 0 Å². The number of hydrogen-bond acceptors (Lipinski definition) is 4. The smallest absolute Gasteiger partial charge is 0.274 e.